The number of allylic oxidation sites excluding steroid dienone is 1. The third-order valence-electron chi connectivity index (χ3n) is 1.85. The van der Waals surface area contributed by atoms with Crippen LogP contribution in [0.4, 0.5) is 0 Å². The number of hydrogen-bond donors (Lipinski definition) is 1. The van der Waals surface area contributed by atoms with E-state index in [4.69, 9.17) is 5.73 Å². The summed E-state index contributed by atoms with van der Waals surface area (Å²) in [5, 5.41) is 0. The van der Waals surface area contributed by atoms with Gasteiger partial charge in [-0.1, -0.05) is 36.4 Å². The van der Waals surface area contributed by atoms with E-state index >= 15 is 0 Å². The summed E-state index contributed by atoms with van der Waals surface area (Å²) in [4.78, 5) is 0. The molecule has 1 rings (SSSR count). The first-order chi connectivity index (χ1) is 5.74. The van der Waals surface area contributed by atoms with Crippen LogP contribution in [0.3, 0.4) is 0 Å². The second-order valence-corrected chi connectivity index (χ2v) is 3.02. The summed E-state index contributed by atoms with van der Waals surface area (Å²) in [6.07, 6.45) is 0.946. The van der Waals surface area contributed by atoms with E-state index in [2.05, 4.69) is 30.8 Å². The largest absolute Gasteiger partial charge is 0.330 e. The SMILES string of the molecule is C=C(C)c1cccc(CCN)c1. The lowest BCUT2D eigenvalue weighted by atomic mass is 10.0. The van der Waals surface area contributed by atoms with Crippen LogP contribution >= 0.6 is 0 Å². The molecule has 0 aliphatic heterocycles. The van der Waals surface area contributed by atoms with Crippen LogP contribution in [-0.2, 0) is 6.42 Å². The highest BCUT2D eigenvalue weighted by Gasteiger charge is 1.94. The zero-order chi connectivity index (χ0) is 8.97. The number of rotatable bonds is 3. The zero-order valence-corrected chi connectivity index (χ0v) is 7.51. The van der Waals surface area contributed by atoms with Crippen LogP contribution in [0.2, 0.25) is 0 Å². The van der Waals surface area contributed by atoms with Crippen LogP contribution in [0.1, 0.15) is 18.1 Å². The summed E-state index contributed by atoms with van der Waals surface area (Å²) in [7, 11) is 0. The standard InChI is InChI=1S/C11H15N/c1-9(2)11-5-3-4-10(8-11)6-7-12/h3-5,8H,1,6-7,12H2,2H3. The Bertz CT molecular complexity index is 276. The molecule has 0 spiro atoms. The van der Waals surface area contributed by atoms with Crippen molar-refractivity contribution >= 4 is 5.57 Å². The zero-order valence-electron chi connectivity index (χ0n) is 7.51. The molecule has 0 heterocycles. The highest BCUT2D eigenvalue weighted by molar-refractivity contribution is 5.61. The van der Waals surface area contributed by atoms with Crippen molar-refractivity contribution in [2.45, 2.75) is 13.3 Å². The average Bonchev–Trinajstić information content (AvgIpc) is 2.05. The number of benzene rings is 1. The van der Waals surface area contributed by atoms with E-state index < -0.39 is 0 Å². The van der Waals surface area contributed by atoms with Crippen molar-refractivity contribution < 1.29 is 0 Å². The quantitative estimate of drug-likeness (QED) is 0.722. The highest BCUT2D eigenvalue weighted by atomic mass is 14.5. The van der Waals surface area contributed by atoms with Crippen LogP contribution in [0, 0.1) is 0 Å². The lowest BCUT2D eigenvalue weighted by Gasteiger charge is -2.02. The van der Waals surface area contributed by atoms with E-state index in [0.29, 0.717) is 6.54 Å². The number of nitrogens with two attached hydrogens (primary N) is 1. The third kappa shape index (κ3) is 2.21. The molecule has 0 saturated heterocycles. The fraction of sp³-hybridized carbons (Fsp3) is 0.273. The molecule has 0 atom stereocenters. The third-order valence-corrected chi connectivity index (χ3v) is 1.85. The molecule has 1 heteroatoms. The normalized spacial score (nSPS) is 9.83. The molecule has 0 radical (unpaired) electrons. The molecular formula is C11H15N. The van der Waals surface area contributed by atoms with Crippen LogP contribution in [0.15, 0.2) is 30.8 Å². The summed E-state index contributed by atoms with van der Waals surface area (Å²) in [5.41, 5.74) is 9.07. The van der Waals surface area contributed by atoms with Gasteiger partial charge in [-0.05, 0) is 31.0 Å². The van der Waals surface area contributed by atoms with Gasteiger partial charge in [0.25, 0.3) is 0 Å². The molecule has 1 aromatic carbocycles. The molecule has 0 unspecified atom stereocenters. The van der Waals surface area contributed by atoms with E-state index in [0.717, 1.165) is 12.0 Å². The first-order valence-electron chi connectivity index (χ1n) is 4.19. The van der Waals surface area contributed by atoms with Crippen LogP contribution in [0.25, 0.3) is 5.57 Å². The Balaban J connectivity index is 2.88. The van der Waals surface area contributed by atoms with E-state index in [1.54, 1.807) is 0 Å². The Morgan fingerprint density at radius 3 is 2.83 bits per heavy atom. The first-order valence-corrected chi connectivity index (χ1v) is 4.19. The predicted octanol–water partition coefficient (Wildman–Crippen LogP) is 2.22. The maximum absolute atomic E-state index is 5.46. The van der Waals surface area contributed by atoms with Gasteiger partial charge in [0.05, 0.1) is 0 Å². The fourth-order valence-corrected chi connectivity index (χ4v) is 1.16. The minimum absolute atomic E-state index is 0.708. The smallest absolute Gasteiger partial charge is 0.00367 e. The monoisotopic (exact) mass is 161 g/mol. The average molecular weight is 161 g/mol. The van der Waals surface area contributed by atoms with E-state index in [-0.39, 0.29) is 0 Å². The van der Waals surface area contributed by atoms with Crippen LogP contribution in [0.5, 0.6) is 0 Å². The minimum Gasteiger partial charge on any atom is -0.330 e. The van der Waals surface area contributed by atoms with Gasteiger partial charge in [0, 0.05) is 0 Å². The van der Waals surface area contributed by atoms with Crippen molar-refractivity contribution in [1.29, 1.82) is 0 Å². The van der Waals surface area contributed by atoms with Crippen molar-refractivity contribution in [2.75, 3.05) is 6.54 Å². The lowest BCUT2D eigenvalue weighted by molar-refractivity contribution is 0.968. The maximum Gasteiger partial charge on any atom is -0.00367 e. The molecule has 1 nitrogen and oxygen atoms in total. The maximum atomic E-state index is 5.46. The first kappa shape index (κ1) is 9.01. The van der Waals surface area contributed by atoms with Crippen molar-refractivity contribution in [2.24, 2.45) is 5.73 Å². The van der Waals surface area contributed by atoms with Crippen molar-refractivity contribution in [1.82, 2.24) is 0 Å². The van der Waals surface area contributed by atoms with E-state index in [1.807, 2.05) is 6.92 Å². The van der Waals surface area contributed by atoms with Gasteiger partial charge in [0.1, 0.15) is 0 Å². The summed E-state index contributed by atoms with van der Waals surface area (Å²) < 4.78 is 0. The van der Waals surface area contributed by atoms with Crippen molar-refractivity contribution in [3.05, 3.63) is 42.0 Å². The second-order valence-electron chi connectivity index (χ2n) is 3.02. The minimum atomic E-state index is 0.708. The molecule has 0 fully saturated rings. The Morgan fingerprint density at radius 2 is 2.25 bits per heavy atom. The van der Waals surface area contributed by atoms with Crippen LogP contribution < -0.4 is 5.73 Å². The topological polar surface area (TPSA) is 26.0 Å². The van der Waals surface area contributed by atoms with E-state index in [1.165, 1.54) is 11.1 Å². The van der Waals surface area contributed by atoms with Gasteiger partial charge >= 0.3 is 0 Å². The summed E-state index contributed by atoms with van der Waals surface area (Å²) >= 11 is 0. The number of hydrogen-bond acceptors (Lipinski definition) is 1. The molecule has 0 aromatic heterocycles. The van der Waals surface area contributed by atoms with Gasteiger partial charge in [0.2, 0.25) is 0 Å². The van der Waals surface area contributed by atoms with E-state index in [9.17, 15) is 0 Å². The van der Waals surface area contributed by atoms with Crippen molar-refractivity contribution in [3.8, 4) is 0 Å². The molecular weight excluding hydrogens is 146 g/mol. The Morgan fingerprint density at radius 1 is 1.50 bits per heavy atom. The highest BCUT2D eigenvalue weighted by Crippen LogP contribution is 2.13. The van der Waals surface area contributed by atoms with Crippen LogP contribution in [-0.4, -0.2) is 6.54 Å². The lowest BCUT2D eigenvalue weighted by Crippen LogP contribution is -2.02. The van der Waals surface area contributed by atoms with Gasteiger partial charge in [0.15, 0.2) is 0 Å². The van der Waals surface area contributed by atoms with Crippen molar-refractivity contribution in [3.63, 3.8) is 0 Å². The summed E-state index contributed by atoms with van der Waals surface area (Å²) in [6, 6.07) is 8.37. The summed E-state index contributed by atoms with van der Waals surface area (Å²) in [5.74, 6) is 0. The van der Waals surface area contributed by atoms with Gasteiger partial charge in [-0.25, -0.2) is 0 Å². The molecule has 1 aromatic rings. The Kier molecular flexibility index (Phi) is 3.06. The summed E-state index contributed by atoms with van der Waals surface area (Å²) in [6.45, 7) is 6.62. The molecule has 0 bridgehead atoms. The Hall–Kier alpha value is -1.08. The predicted molar refractivity (Wildman–Crippen MR) is 53.9 cm³/mol. The molecule has 2 N–H and O–H groups in total. The molecule has 64 valence electrons. The molecule has 0 aliphatic rings. The van der Waals surface area contributed by atoms with Gasteiger partial charge in [-0.15, -0.1) is 0 Å². The molecule has 12 heavy (non-hydrogen) atoms. The van der Waals surface area contributed by atoms with Gasteiger partial charge < -0.3 is 5.73 Å². The molecule has 0 aliphatic carbocycles. The Labute approximate surface area is 73.9 Å². The van der Waals surface area contributed by atoms with Gasteiger partial charge in [-0.2, -0.15) is 0 Å². The van der Waals surface area contributed by atoms with Gasteiger partial charge in [-0.3, -0.25) is 0 Å². The molecule has 0 saturated carbocycles. The molecule has 0 amide bonds. The second kappa shape index (κ2) is 4.07. The fourth-order valence-electron chi connectivity index (χ4n) is 1.16.